The van der Waals surface area contributed by atoms with E-state index >= 15 is 0 Å². The van der Waals surface area contributed by atoms with E-state index in [1.807, 2.05) is 6.07 Å². The summed E-state index contributed by atoms with van der Waals surface area (Å²) in [5.41, 5.74) is 20.4. The number of hydrogen-bond donors (Lipinski definition) is 17. The summed E-state index contributed by atoms with van der Waals surface area (Å²) in [6, 6.07) is 14.5. The number of H-pyrrole nitrogens is 2. The average molecular weight is 1380 g/mol. The predicted molar refractivity (Wildman–Crippen MR) is 374 cm³/mol. The number of aromatic nitrogens is 3. The second-order valence-corrected chi connectivity index (χ2v) is 25.7. The van der Waals surface area contributed by atoms with Crippen molar-refractivity contribution in [3.63, 3.8) is 0 Å². The number of benzene rings is 3. The third-order valence-corrected chi connectivity index (χ3v) is 15.9. The Balaban J connectivity index is 1.23. The van der Waals surface area contributed by atoms with Crippen LogP contribution in [0.25, 0.3) is 10.9 Å². The number of imidazole rings is 1. The molecule has 540 valence electrons. The molecule has 0 aliphatic carbocycles. The van der Waals surface area contributed by atoms with E-state index in [2.05, 4.69) is 106 Å². The Morgan fingerprint density at radius 1 is 0.545 bits per heavy atom. The minimum Gasteiger partial charge on any atom is -0.370 e. The number of ether oxygens (including phenoxy) is 1. The molecule has 0 radical (unpaired) electrons. The molecular weight excluding hydrogens is 1270 g/mol. The molecule has 0 aliphatic rings. The minimum absolute atomic E-state index is 0.0901. The van der Waals surface area contributed by atoms with Crippen molar-refractivity contribution in [1.82, 2.24) is 73.4 Å². The second-order valence-electron chi connectivity index (χ2n) is 25.7. The lowest BCUT2D eigenvalue weighted by Crippen LogP contribution is -2.60. The molecule has 0 saturated heterocycles. The van der Waals surface area contributed by atoms with Crippen molar-refractivity contribution < 1.29 is 57.5 Å². The van der Waals surface area contributed by atoms with Crippen molar-refractivity contribution in [2.24, 2.45) is 40.9 Å². The van der Waals surface area contributed by atoms with Gasteiger partial charge in [-0.2, -0.15) is 0 Å². The molecule has 30 heteroatoms. The Morgan fingerprint density at radius 2 is 1.13 bits per heavy atom. The first kappa shape index (κ1) is 80.1. The monoisotopic (exact) mass is 1370 g/mol. The lowest BCUT2D eigenvalue weighted by atomic mass is 9.95. The van der Waals surface area contributed by atoms with Crippen molar-refractivity contribution >= 4 is 81.6 Å². The van der Waals surface area contributed by atoms with Gasteiger partial charge in [0.15, 0.2) is 0 Å². The topological polar surface area (TPSA) is 464 Å². The van der Waals surface area contributed by atoms with Crippen LogP contribution in [0.15, 0.2) is 97.6 Å². The Morgan fingerprint density at radius 3 is 1.76 bits per heavy atom. The van der Waals surface area contributed by atoms with E-state index in [4.69, 9.17) is 21.9 Å². The molecule has 6 atom stereocenters. The maximum atomic E-state index is 14.6. The maximum absolute atomic E-state index is 14.6. The molecule has 5 rings (SSSR count). The summed E-state index contributed by atoms with van der Waals surface area (Å²) in [4.78, 5) is 160. The standard InChI is InChI=1S/C69H102N18O12/c1-41(2)27-50(28-42(3)4)82-67(96)57(31-51-36-75-40-79-51)83-59(89)37-78-69(98)62(43(5)6)87-63(92)44(7)80-66(95)56(30-47-35-76-53-16-12-11-15-52(47)53)86-65(94)54(21-22-58(72)88)85-68(97)55(29-45-13-9-8-10-14-45)84-61(91)39-99-38-60(90)81-49-19-17-46(18-20-49)32-77-64(93)48(33-73-25-23-70)34-74-26-24-71/h8-20,35-36,40-44,48,50,54-57,62,73-74,76H,21-34,37-39,70-71H2,1-7H3,(H2,72,88)(H,75,79)(H,77,93)(H,78,98)(H,80,95)(H,81,90)(H,82,96)(H,83,89)(H,84,91)(H,85,97)(H,86,94)(H,87,92)/t44-,54-,55+,56-,57-,62-/m0/s1. The van der Waals surface area contributed by atoms with E-state index < -0.39 is 127 Å². The molecule has 0 unspecified atom stereocenters. The van der Waals surface area contributed by atoms with Crippen molar-refractivity contribution in [3.05, 3.63) is 120 Å². The lowest BCUT2D eigenvalue weighted by molar-refractivity contribution is -0.136. The molecule has 3 aromatic carbocycles. The van der Waals surface area contributed by atoms with Gasteiger partial charge in [0.05, 0.1) is 18.8 Å². The molecule has 2 heterocycles. The molecule has 0 bridgehead atoms. The molecule has 2 aromatic heterocycles. The fourth-order valence-electron chi connectivity index (χ4n) is 10.8. The van der Waals surface area contributed by atoms with Gasteiger partial charge in [-0.25, -0.2) is 4.98 Å². The number of nitrogens with two attached hydrogens (primary N) is 3. The van der Waals surface area contributed by atoms with E-state index in [0.717, 1.165) is 18.4 Å². The summed E-state index contributed by atoms with van der Waals surface area (Å²) in [6.07, 6.45) is 5.21. The third kappa shape index (κ3) is 29.2. The summed E-state index contributed by atoms with van der Waals surface area (Å²) in [5.74, 6) is -7.93. The first-order valence-corrected chi connectivity index (χ1v) is 33.6. The number of carbonyl (C=O) groups excluding carboxylic acids is 11. The van der Waals surface area contributed by atoms with Crippen molar-refractivity contribution in [2.75, 3.05) is 64.3 Å². The minimum atomic E-state index is -1.54. The number of primary amides is 1. The summed E-state index contributed by atoms with van der Waals surface area (Å²) >= 11 is 0. The number of anilines is 1. The van der Waals surface area contributed by atoms with Gasteiger partial charge < -0.3 is 95.7 Å². The second kappa shape index (κ2) is 42.2. The molecule has 0 fully saturated rings. The molecule has 20 N–H and O–H groups in total. The summed E-state index contributed by atoms with van der Waals surface area (Å²) in [5, 5.41) is 34.3. The number of fused-ring (bicyclic) bond motifs is 1. The zero-order chi connectivity index (χ0) is 72.4. The Kier molecular flexibility index (Phi) is 34.2. The van der Waals surface area contributed by atoms with Gasteiger partial charge in [-0.1, -0.05) is 102 Å². The number of para-hydroxylation sites is 1. The molecule has 0 spiro atoms. The molecule has 30 nitrogen and oxygen atoms in total. The number of carbonyl (C=O) groups is 11. The molecule has 11 amide bonds. The first-order chi connectivity index (χ1) is 47.3. The zero-order valence-electron chi connectivity index (χ0n) is 57.7. The normalized spacial score (nSPS) is 13.2. The van der Waals surface area contributed by atoms with E-state index in [0.29, 0.717) is 84.5 Å². The maximum Gasteiger partial charge on any atom is 0.250 e. The van der Waals surface area contributed by atoms with Crippen LogP contribution < -0.4 is 81.0 Å². The van der Waals surface area contributed by atoms with Gasteiger partial charge in [-0.3, -0.25) is 52.7 Å². The highest BCUT2D eigenvalue weighted by Gasteiger charge is 2.34. The number of amides is 11. The summed E-state index contributed by atoms with van der Waals surface area (Å²) < 4.78 is 5.46. The highest BCUT2D eigenvalue weighted by molar-refractivity contribution is 5.98. The van der Waals surface area contributed by atoms with Crippen LogP contribution in [0.1, 0.15) is 96.5 Å². The predicted octanol–water partition coefficient (Wildman–Crippen LogP) is -0.553. The highest BCUT2D eigenvalue weighted by Crippen LogP contribution is 2.20. The van der Waals surface area contributed by atoms with Gasteiger partial charge >= 0.3 is 0 Å². The molecule has 5 aromatic rings. The Bertz CT molecular complexity index is 3380. The van der Waals surface area contributed by atoms with E-state index in [1.165, 1.54) is 13.3 Å². The van der Waals surface area contributed by atoms with Crippen LogP contribution >= 0.6 is 0 Å². The van der Waals surface area contributed by atoms with Crippen LogP contribution in [0.3, 0.4) is 0 Å². The van der Waals surface area contributed by atoms with Crippen LogP contribution in [-0.2, 0) is 83.3 Å². The van der Waals surface area contributed by atoms with Gasteiger partial charge in [0.25, 0.3) is 0 Å². The third-order valence-electron chi connectivity index (χ3n) is 15.9. The van der Waals surface area contributed by atoms with Crippen LogP contribution in [0.4, 0.5) is 5.69 Å². The molecular formula is C69H102N18O12. The van der Waals surface area contributed by atoms with E-state index in [9.17, 15) is 52.7 Å². The SMILES string of the molecule is CC(C)CC(CC(C)C)NC(=O)[C@H](Cc1cnc[nH]1)NC(=O)CNC(=O)[C@@H](NC(=O)[C@H](C)NC(=O)[C@H](Cc1c[nH]c2ccccc12)NC(=O)[C@H](CCC(N)=O)NC(=O)[C@@H](Cc1ccccc1)NC(=O)COCC(=O)Nc1ccc(CNC(=O)C(CNCCN)CNCCN)cc1)C(C)C. The van der Waals surface area contributed by atoms with Gasteiger partial charge in [-0.05, 0) is 78.8 Å². The van der Waals surface area contributed by atoms with Crippen LogP contribution in [-0.4, -0.2) is 181 Å². The Hall–Kier alpha value is -9.62. The summed E-state index contributed by atoms with van der Waals surface area (Å²) in [6.45, 7) is 14.2. The first-order valence-electron chi connectivity index (χ1n) is 33.6. The van der Waals surface area contributed by atoms with Crippen LogP contribution in [0, 0.1) is 23.7 Å². The Labute approximate surface area is 577 Å². The van der Waals surface area contributed by atoms with Crippen molar-refractivity contribution in [3.8, 4) is 0 Å². The fourth-order valence-corrected chi connectivity index (χ4v) is 10.8. The van der Waals surface area contributed by atoms with Gasteiger partial charge in [0, 0.05) is 112 Å². The van der Waals surface area contributed by atoms with Gasteiger partial charge in [0.2, 0.25) is 65.0 Å². The van der Waals surface area contributed by atoms with Gasteiger partial charge in [-0.15, -0.1) is 0 Å². The number of aromatic amines is 2. The average Bonchev–Trinajstić information content (AvgIpc) is 1.69. The van der Waals surface area contributed by atoms with E-state index in [1.54, 1.807) is 99.0 Å². The largest absolute Gasteiger partial charge is 0.370 e. The number of nitrogens with zero attached hydrogens (tertiary/aromatic N) is 1. The van der Waals surface area contributed by atoms with Crippen molar-refractivity contribution in [1.29, 1.82) is 0 Å². The van der Waals surface area contributed by atoms with E-state index in [-0.39, 0.29) is 50.1 Å². The molecule has 0 aliphatic heterocycles. The van der Waals surface area contributed by atoms with Crippen LogP contribution in [0.2, 0.25) is 0 Å². The smallest absolute Gasteiger partial charge is 0.250 e. The lowest BCUT2D eigenvalue weighted by Gasteiger charge is -2.27. The van der Waals surface area contributed by atoms with Crippen molar-refractivity contribution in [2.45, 2.75) is 142 Å². The zero-order valence-corrected chi connectivity index (χ0v) is 57.7. The molecule has 0 saturated carbocycles. The number of nitrogens with one attached hydrogen (secondary N) is 14. The van der Waals surface area contributed by atoms with Crippen LogP contribution in [0.5, 0.6) is 0 Å². The molecule has 99 heavy (non-hydrogen) atoms. The highest BCUT2D eigenvalue weighted by atomic mass is 16.5. The number of hydrogen-bond acceptors (Lipinski definition) is 17. The number of rotatable bonds is 45. The van der Waals surface area contributed by atoms with Gasteiger partial charge in [0.1, 0.15) is 49.5 Å². The summed E-state index contributed by atoms with van der Waals surface area (Å²) in [7, 11) is 0. The quantitative estimate of drug-likeness (QED) is 0.0217. The fraction of sp³-hybridized carbons (Fsp3) is 0.507.